The van der Waals surface area contributed by atoms with Gasteiger partial charge in [-0.3, -0.25) is 0 Å². The van der Waals surface area contributed by atoms with Crippen LogP contribution in [0.25, 0.3) is 5.65 Å². The molecule has 7 nitrogen and oxygen atoms in total. The Morgan fingerprint density at radius 3 is 2.70 bits per heavy atom. The van der Waals surface area contributed by atoms with E-state index >= 15 is 0 Å². The van der Waals surface area contributed by atoms with E-state index in [1.165, 1.54) is 6.26 Å². The van der Waals surface area contributed by atoms with Crippen LogP contribution in [0.3, 0.4) is 0 Å². The first kappa shape index (κ1) is 14.6. The zero-order valence-corrected chi connectivity index (χ0v) is 12.8. The molecule has 0 aliphatic heterocycles. The van der Waals surface area contributed by atoms with E-state index in [-0.39, 0.29) is 6.54 Å². The van der Waals surface area contributed by atoms with Crippen molar-refractivity contribution in [1.82, 2.24) is 14.4 Å². The van der Waals surface area contributed by atoms with Gasteiger partial charge in [-0.15, -0.1) is 0 Å². The molecule has 0 bridgehead atoms. The average molecular weight is 297 g/mol. The van der Waals surface area contributed by atoms with E-state index in [1.807, 2.05) is 16.8 Å². The Balaban J connectivity index is 2.32. The van der Waals surface area contributed by atoms with Crippen LogP contribution < -0.4 is 10.6 Å². The minimum Gasteiger partial charge on any atom is -0.372 e. The number of fused-ring (bicyclic) bond motifs is 1. The number of hydrogen-bond donors (Lipinski definition) is 2. The van der Waals surface area contributed by atoms with Crippen LogP contribution in [0.4, 0.5) is 11.6 Å². The van der Waals surface area contributed by atoms with E-state index in [4.69, 9.17) is 0 Å². The lowest BCUT2D eigenvalue weighted by atomic mass is 10.2. The number of rotatable bonds is 5. The quantitative estimate of drug-likeness (QED) is 0.856. The molecular weight excluding hydrogens is 278 g/mol. The van der Waals surface area contributed by atoms with Gasteiger partial charge in [-0.05, 0) is 13.8 Å². The molecule has 2 N–H and O–H groups in total. The third-order valence-electron chi connectivity index (χ3n) is 3.32. The van der Waals surface area contributed by atoms with Crippen molar-refractivity contribution in [3.05, 3.63) is 18.6 Å². The lowest BCUT2D eigenvalue weighted by Crippen LogP contribution is -2.38. The Kier molecular flexibility index (Phi) is 3.59. The van der Waals surface area contributed by atoms with Gasteiger partial charge in [0.2, 0.25) is 0 Å². The molecule has 0 aromatic carbocycles. The number of aromatic nitrogens is 3. The van der Waals surface area contributed by atoms with E-state index in [1.54, 1.807) is 27.1 Å². The minimum atomic E-state index is -3.16. The van der Waals surface area contributed by atoms with Crippen LogP contribution in [0, 0.1) is 0 Å². The Morgan fingerprint density at radius 2 is 2.10 bits per heavy atom. The fraction of sp³-hybridized carbons (Fsp3) is 0.500. The largest absolute Gasteiger partial charge is 0.372 e. The fourth-order valence-electron chi connectivity index (χ4n) is 1.60. The highest BCUT2D eigenvalue weighted by Crippen LogP contribution is 2.20. The Morgan fingerprint density at radius 1 is 1.40 bits per heavy atom. The molecule has 0 radical (unpaired) electrons. The molecule has 0 atom stereocenters. The lowest BCUT2D eigenvalue weighted by Gasteiger charge is -2.23. The van der Waals surface area contributed by atoms with Crippen LogP contribution in [-0.2, 0) is 9.84 Å². The van der Waals surface area contributed by atoms with Crippen LogP contribution in [0.2, 0.25) is 0 Å². The van der Waals surface area contributed by atoms with Gasteiger partial charge in [0, 0.05) is 32.2 Å². The fourth-order valence-corrected chi connectivity index (χ4v) is 1.93. The van der Waals surface area contributed by atoms with E-state index in [9.17, 15) is 8.42 Å². The second-order valence-corrected chi connectivity index (χ2v) is 7.92. The predicted octanol–water partition coefficient (Wildman–Crippen LogP) is 1.01. The molecular formula is C12H19N5O2S. The standard InChI is InChI=1S/C12H19N5O2S/c1-12(2,20(4,18)19)8-15-10-11-14-5-6-17(11)7-9(13-3)16-10/h5-7,13H,8H2,1-4H3,(H,15,16). The summed E-state index contributed by atoms with van der Waals surface area (Å²) in [4.78, 5) is 8.59. The maximum Gasteiger partial charge on any atom is 0.180 e. The molecule has 20 heavy (non-hydrogen) atoms. The monoisotopic (exact) mass is 297 g/mol. The summed E-state index contributed by atoms with van der Waals surface area (Å²) in [7, 11) is -1.39. The molecule has 2 aromatic rings. The van der Waals surface area contributed by atoms with Crippen molar-refractivity contribution in [3.8, 4) is 0 Å². The molecule has 0 fully saturated rings. The van der Waals surface area contributed by atoms with Crippen LogP contribution >= 0.6 is 0 Å². The third kappa shape index (κ3) is 2.69. The maximum absolute atomic E-state index is 11.7. The zero-order chi connectivity index (χ0) is 15.0. The number of nitrogens with one attached hydrogen (secondary N) is 2. The van der Waals surface area contributed by atoms with Crippen LogP contribution in [0.15, 0.2) is 18.6 Å². The molecule has 2 heterocycles. The normalized spacial score (nSPS) is 12.6. The highest BCUT2D eigenvalue weighted by atomic mass is 32.2. The average Bonchev–Trinajstić information content (AvgIpc) is 2.82. The number of nitrogens with zero attached hydrogens (tertiary/aromatic N) is 3. The molecule has 0 saturated heterocycles. The van der Waals surface area contributed by atoms with E-state index in [0.717, 1.165) is 0 Å². The lowest BCUT2D eigenvalue weighted by molar-refractivity contribution is 0.559. The van der Waals surface area contributed by atoms with E-state index in [0.29, 0.717) is 17.3 Å². The van der Waals surface area contributed by atoms with Crippen LogP contribution in [0.1, 0.15) is 13.8 Å². The molecule has 110 valence electrons. The summed E-state index contributed by atoms with van der Waals surface area (Å²) >= 11 is 0. The first-order valence-electron chi connectivity index (χ1n) is 6.19. The summed E-state index contributed by atoms with van der Waals surface area (Å²) in [6.07, 6.45) is 6.53. The summed E-state index contributed by atoms with van der Waals surface area (Å²) in [5.41, 5.74) is 0.660. The van der Waals surface area contributed by atoms with Crippen molar-refractivity contribution in [2.24, 2.45) is 0 Å². The van der Waals surface area contributed by atoms with Crippen molar-refractivity contribution in [1.29, 1.82) is 0 Å². The van der Waals surface area contributed by atoms with E-state index < -0.39 is 14.6 Å². The van der Waals surface area contributed by atoms with Gasteiger partial charge in [-0.1, -0.05) is 0 Å². The van der Waals surface area contributed by atoms with Gasteiger partial charge < -0.3 is 15.0 Å². The molecule has 0 amide bonds. The molecule has 2 aromatic heterocycles. The minimum absolute atomic E-state index is 0.258. The number of anilines is 2. The number of imidazole rings is 1. The van der Waals surface area contributed by atoms with Crippen molar-refractivity contribution < 1.29 is 8.42 Å². The summed E-state index contributed by atoms with van der Waals surface area (Å²) in [5.74, 6) is 1.23. The van der Waals surface area contributed by atoms with Gasteiger partial charge in [-0.25, -0.2) is 18.4 Å². The second kappa shape index (κ2) is 4.93. The van der Waals surface area contributed by atoms with Gasteiger partial charge >= 0.3 is 0 Å². The number of hydrogen-bond acceptors (Lipinski definition) is 6. The third-order valence-corrected chi connectivity index (χ3v) is 5.47. The predicted molar refractivity (Wildman–Crippen MR) is 79.9 cm³/mol. The molecule has 0 aliphatic rings. The van der Waals surface area contributed by atoms with Crippen molar-refractivity contribution in [2.75, 3.05) is 30.5 Å². The highest BCUT2D eigenvalue weighted by molar-refractivity contribution is 7.92. The molecule has 2 rings (SSSR count). The van der Waals surface area contributed by atoms with Crippen molar-refractivity contribution >= 4 is 27.1 Å². The van der Waals surface area contributed by atoms with Crippen molar-refractivity contribution in [2.45, 2.75) is 18.6 Å². The van der Waals surface area contributed by atoms with Gasteiger partial charge in [-0.2, -0.15) is 0 Å². The molecule has 0 aliphatic carbocycles. The highest BCUT2D eigenvalue weighted by Gasteiger charge is 2.30. The summed E-state index contributed by atoms with van der Waals surface area (Å²) in [5, 5.41) is 6.04. The Hall–Kier alpha value is -1.83. The van der Waals surface area contributed by atoms with Gasteiger partial charge in [0.25, 0.3) is 0 Å². The Bertz CT molecular complexity index is 721. The van der Waals surface area contributed by atoms with Gasteiger partial charge in [0.1, 0.15) is 5.82 Å². The SMILES string of the molecule is CNc1cn2ccnc2c(NCC(C)(C)S(C)(=O)=O)n1. The van der Waals surface area contributed by atoms with Gasteiger partial charge in [0.05, 0.1) is 10.9 Å². The van der Waals surface area contributed by atoms with Crippen LogP contribution in [-0.4, -0.2) is 47.4 Å². The zero-order valence-electron chi connectivity index (χ0n) is 12.0. The van der Waals surface area contributed by atoms with Gasteiger partial charge in [0.15, 0.2) is 21.3 Å². The van der Waals surface area contributed by atoms with Crippen molar-refractivity contribution in [3.63, 3.8) is 0 Å². The second-order valence-electron chi connectivity index (χ2n) is 5.27. The molecule has 0 unspecified atom stereocenters. The van der Waals surface area contributed by atoms with Crippen LogP contribution in [0.5, 0.6) is 0 Å². The summed E-state index contributed by atoms with van der Waals surface area (Å²) in [6.45, 7) is 3.62. The first-order valence-corrected chi connectivity index (χ1v) is 8.09. The Labute approximate surface area is 118 Å². The first-order chi connectivity index (χ1) is 9.24. The molecule has 0 saturated carbocycles. The maximum atomic E-state index is 11.7. The molecule has 0 spiro atoms. The van der Waals surface area contributed by atoms with E-state index in [2.05, 4.69) is 20.6 Å². The molecule has 8 heteroatoms. The summed E-state index contributed by atoms with van der Waals surface area (Å²) < 4.78 is 24.4. The number of sulfone groups is 1. The summed E-state index contributed by atoms with van der Waals surface area (Å²) in [6, 6.07) is 0. The topological polar surface area (TPSA) is 88.4 Å². The smallest absolute Gasteiger partial charge is 0.180 e.